The fraction of sp³-hybridized carbons (Fsp3) is 0.643. The molecular weight excluding hydrogens is 292 g/mol. The molecule has 1 aromatic heterocycles. The number of amides is 1. The van der Waals surface area contributed by atoms with Crippen molar-refractivity contribution in [1.29, 1.82) is 0 Å². The van der Waals surface area contributed by atoms with Crippen LogP contribution in [-0.4, -0.2) is 40.8 Å². The number of rotatable bonds is 4. The smallest absolute Gasteiger partial charge is 0.404 e. The first kappa shape index (κ1) is 14.4. The summed E-state index contributed by atoms with van der Waals surface area (Å²) in [7, 11) is 0. The van der Waals surface area contributed by atoms with E-state index < -0.39 is 6.09 Å². The molecule has 0 bridgehead atoms. The van der Waals surface area contributed by atoms with Gasteiger partial charge in [-0.2, -0.15) is 0 Å². The van der Waals surface area contributed by atoms with Gasteiger partial charge in [-0.15, -0.1) is 0 Å². The molecule has 21 heavy (non-hydrogen) atoms. The standard InChI is InChI=1S/C14H19ClN4O2/c15-13-16-8-11(10-1-2-10)12(18-13)19-5-3-9(4-6-19)7-17-14(20)21/h8-10,17H,1-7H2,(H,20,21). The van der Waals surface area contributed by atoms with E-state index >= 15 is 0 Å². The summed E-state index contributed by atoms with van der Waals surface area (Å²) in [5.74, 6) is 1.96. The third-order valence-electron chi connectivity index (χ3n) is 4.24. The van der Waals surface area contributed by atoms with E-state index in [-0.39, 0.29) is 0 Å². The number of anilines is 1. The lowest BCUT2D eigenvalue weighted by Gasteiger charge is -2.33. The minimum absolute atomic E-state index is 0.295. The molecule has 6 nitrogen and oxygen atoms in total. The highest BCUT2D eigenvalue weighted by Gasteiger charge is 2.30. The molecule has 3 rings (SSSR count). The molecule has 0 radical (unpaired) electrons. The van der Waals surface area contributed by atoms with Crippen molar-refractivity contribution in [2.24, 2.45) is 5.92 Å². The van der Waals surface area contributed by atoms with Gasteiger partial charge in [-0.05, 0) is 49.1 Å². The first-order chi connectivity index (χ1) is 10.1. The van der Waals surface area contributed by atoms with Gasteiger partial charge >= 0.3 is 6.09 Å². The molecule has 1 amide bonds. The first-order valence-electron chi connectivity index (χ1n) is 7.37. The number of hydrogen-bond acceptors (Lipinski definition) is 4. The SMILES string of the molecule is O=C(O)NCC1CCN(c2nc(Cl)ncc2C2CC2)CC1. The molecule has 0 atom stereocenters. The topological polar surface area (TPSA) is 78.4 Å². The second-order valence-electron chi connectivity index (χ2n) is 5.81. The van der Waals surface area contributed by atoms with E-state index in [9.17, 15) is 4.79 Å². The molecule has 2 N–H and O–H groups in total. The van der Waals surface area contributed by atoms with Crippen molar-refractivity contribution in [1.82, 2.24) is 15.3 Å². The van der Waals surface area contributed by atoms with Crippen molar-refractivity contribution < 1.29 is 9.90 Å². The zero-order valence-corrected chi connectivity index (χ0v) is 12.5. The van der Waals surface area contributed by atoms with Crippen molar-refractivity contribution in [3.8, 4) is 0 Å². The van der Waals surface area contributed by atoms with Crippen LogP contribution in [-0.2, 0) is 0 Å². The summed E-state index contributed by atoms with van der Waals surface area (Å²) in [4.78, 5) is 21.3. The van der Waals surface area contributed by atoms with Crippen LogP contribution < -0.4 is 10.2 Å². The van der Waals surface area contributed by atoms with Gasteiger partial charge < -0.3 is 15.3 Å². The van der Waals surface area contributed by atoms with E-state index in [0.717, 1.165) is 31.7 Å². The molecule has 0 spiro atoms. The molecule has 114 valence electrons. The largest absolute Gasteiger partial charge is 0.465 e. The third-order valence-corrected chi connectivity index (χ3v) is 4.42. The van der Waals surface area contributed by atoms with Gasteiger partial charge in [0.15, 0.2) is 0 Å². The van der Waals surface area contributed by atoms with Crippen molar-refractivity contribution in [3.63, 3.8) is 0 Å². The Morgan fingerprint density at radius 2 is 2.10 bits per heavy atom. The monoisotopic (exact) mass is 310 g/mol. The van der Waals surface area contributed by atoms with Crippen molar-refractivity contribution in [3.05, 3.63) is 17.0 Å². The quantitative estimate of drug-likeness (QED) is 0.835. The van der Waals surface area contributed by atoms with Gasteiger partial charge in [0.25, 0.3) is 0 Å². The normalized spacial score (nSPS) is 19.6. The number of piperidine rings is 1. The molecule has 1 aliphatic carbocycles. The Hall–Kier alpha value is -1.56. The van der Waals surface area contributed by atoms with Gasteiger partial charge in [0.2, 0.25) is 5.28 Å². The number of nitrogens with one attached hydrogen (secondary N) is 1. The number of aromatic nitrogens is 2. The summed E-state index contributed by atoms with van der Waals surface area (Å²) in [5, 5.41) is 11.4. The number of carbonyl (C=O) groups is 1. The minimum Gasteiger partial charge on any atom is -0.465 e. The van der Waals surface area contributed by atoms with Gasteiger partial charge in [0.05, 0.1) is 0 Å². The van der Waals surface area contributed by atoms with Crippen LogP contribution in [0.3, 0.4) is 0 Å². The first-order valence-corrected chi connectivity index (χ1v) is 7.75. The fourth-order valence-corrected chi connectivity index (χ4v) is 3.01. The Labute approximate surface area is 128 Å². The van der Waals surface area contributed by atoms with Gasteiger partial charge in [0, 0.05) is 31.4 Å². The number of nitrogens with zero attached hydrogens (tertiary/aromatic N) is 3. The Kier molecular flexibility index (Phi) is 4.14. The highest BCUT2D eigenvalue weighted by molar-refractivity contribution is 6.28. The highest BCUT2D eigenvalue weighted by Crippen LogP contribution is 2.44. The fourth-order valence-electron chi connectivity index (χ4n) is 2.88. The van der Waals surface area contributed by atoms with E-state index in [1.807, 2.05) is 6.20 Å². The Morgan fingerprint density at radius 3 is 2.71 bits per heavy atom. The molecule has 1 saturated heterocycles. The molecular formula is C14H19ClN4O2. The van der Waals surface area contributed by atoms with Crippen LogP contribution in [0.15, 0.2) is 6.20 Å². The second-order valence-corrected chi connectivity index (χ2v) is 6.15. The van der Waals surface area contributed by atoms with Crippen LogP contribution in [0.1, 0.15) is 37.2 Å². The van der Waals surface area contributed by atoms with Gasteiger partial charge in [-0.25, -0.2) is 14.8 Å². The maximum atomic E-state index is 10.5. The molecule has 0 aromatic carbocycles. The summed E-state index contributed by atoms with van der Waals surface area (Å²) < 4.78 is 0. The summed E-state index contributed by atoms with van der Waals surface area (Å²) >= 11 is 5.95. The van der Waals surface area contributed by atoms with Crippen LogP contribution >= 0.6 is 11.6 Å². The summed E-state index contributed by atoms with van der Waals surface area (Å²) in [6.45, 7) is 2.31. The van der Waals surface area contributed by atoms with Gasteiger partial charge in [-0.3, -0.25) is 0 Å². The van der Waals surface area contributed by atoms with E-state index in [4.69, 9.17) is 16.7 Å². The van der Waals surface area contributed by atoms with Crippen molar-refractivity contribution in [2.45, 2.75) is 31.6 Å². The zero-order chi connectivity index (χ0) is 14.8. The lowest BCUT2D eigenvalue weighted by atomic mass is 9.96. The Morgan fingerprint density at radius 1 is 1.38 bits per heavy atom. The summed E-state index contributed by atoms with van der Waals surface area (Å²) in [6.07, 6.45) is 5.25. The predicted octanol–water partition coefficient (Wildman–Crippen LogP) is 2.49. The lowest BCUT2D eigenvalue weighted by Crippen LogP contribution is -2.39. The molecule has 2 heterocycles. The number of hydrogen-bond donors (Lipinski definition) is 2. The average Bonchev–Trinajstić information content (AvgIpc) is 3.30. The molecule has 2 fully saturated rings. The summed E-state index contributed by atoms with van der Waals surface area (Å²) in [5.41, 5.74) is 1.21. The summed E-state index contributed by atoms with van der Waals surface area (Å²) in [6, 6.07) is 0. The van der Waals surface area contributed by atoms with Crippen molar-refractivity contribution >= 4 is 23.5 Å². The van der Waals surface area contributed by atoms with Crippen LogP contribution in [0.2, 0.25) is 5.28 Å². The highest BCUT2D eigenvalue weighted by atomic mass is 35.5. The maximum absolute atomic E-state index is 10.5. The van der Waals surface area contributed by atoms with E-state index in [2.05, 4.69) is 20.2 Å². The van der Waals surface area contributed by atoms with E-state index in [1.165, 1.54) is 18.4 Å². The molecule has 1 aliphatic heterocycles. The second kappa shape index (κ2) is 6.05. The van der Waals surface area contributed by atoms with Crippen LogP contribution in [0.25, 0.3) is 0 Å². The molecule has 7 heteroatoms. The predicted molar refractivity (Wildman–Crippen MR) is 80.0 cm³/mol. The molecule has 0 unspecified atom stereocenters. The maximum Gasteiger partial charge on any atom is 0.404 e. The molecule has 1 aromatic rings. The Bertz CT molecular complexity index is 528. The average molecular weight is 311 g/mol. The van der Waals surface area contributed by atoms with Gasteiger partial charge in [0.1, 0.15) is 5.82 Å². The van der Waals surface area contributed by atoms with E-state index in [0.29, 0.717) is 23.7 Å². The van der Waals surface area contributed by atoms with Crippen LogP contribution in [0.5, 0.6) is 0 Å². The van der Waals surface area contributed by atoms with Crippen LogP contribution in [0, 0.1) is 5.92 Å². The minimum atomic E-state index is -0.948. The van der Waals surface area contributed by atoms with Gasteiger partial charge in [-0.1, -0.05) is 0 Å². The van der Waals surface area contributed by atoms with E-state index in [1.54, 1.807) is 0 Å². The van der Waals surface area contributed by atoms with Crippen molar-refractivity contribution in [2.75, 3.05) is 24.5 Å². The lowest BCUT2D eigenvalue weighted by molar-refractivity contribution is 0.191. The zero-order valence-electron chi connectivity index (χ0n) is 11.8. The Balaban J connectivity index is 1.64. The molecule has 2 aliphatic rings. The van der Waals surface area contributed by atoms with Crippen LogP contribution in [0.4, 0.5) is 10.6 Å². The third kappa shape index (κ3) is 3.56. The number of halogens is 1. The number of carboxylic acid groups (broad SMARTS) is 1. The molecule has 1 saturated carbocycles.